The van der Waals surface area contributed by atoms with Crippen molar-refractivity contribution in [2.75, 3.05) is 7.05 Å². The van der Waals surface area contributed by atoms with E-state index in [1.807, 2.05) is 19.1 Å². The fourth-order valence-electron chi connectivity index (χ4n) is 2.69. The maximum atomic E-state index is 12.9. The van der Waals surface area contributed by atoms with E-state index >= 15 is 0 Å². The molecule has 0 saturated heterocycles. The maximum absolute atomic E-state index is 12.9. The second kappa shape index (κ2) is 8.62. The fraction of sp³-hybridized carbons (Fsp3) is 0.211. The number of carbonyl (C=O) groups excluding carboxylic acids is 1. The van der Waals surface area contributed by atoms with Gasteiger partial charge in [-0.25, -0.2) is 0 Å². The number of aromatic nitrogens is 3. The summed E-state index contributed by atoms with van der Waals surface area (Å²) in [7, 11) is 3.41. The van der Waals surface area contributed by atoms with E-state index in [-0.39, 0.29) is 23.2 Å². The number of nitro benzene ring substituents is 1. The number of hydrogen-bond acceptors (Lipinski definition) is 6. The van der Waals surface area contributed by atoms with Gasteiger partial charge in [-0.1, -0.05) is 23.7 Å². The van der Waals surface area contributed by atoms with Crippen LogP contribution in [0.5, 0.6) is 0 Å². The van der Waals surface area contributed by atoms with Crippen molar-refractivity contribution in [3.05, 3.63) is 75.1 Å². The summed E-state index contributed by atoms with van der Waals surface area (Å²) in [6.45, 7) is 1.88. The van der Waals surface area contributed by atoms with Crippen molar-refractivity contribution in [2.45, 2.75) is 23.0 Å². The first-order valence-corrected chi connectivity index (χ1v) is 9.80. The normalized spacial score (nSPS) is 11.9. The lowest BCUT2D eigenvalue weighted by molar-refractivity contribution is -0.387. The molecule has 0 aliphatic rings. The van der Waals surface area contributed by atoms with E-state index in [9.17, 15) is 14.9 Å². The Morgan fingerprint density at radius 1 is 1.28 bits per heavy atom. The molecule has 3 rings (SSSR count). The highest BCUT2D eigenvalue weighted by molar-refractivity contribution is 7.99. The number of nitro groups is 1. The Morgan fingerprint density at radius 2 is 1.97 bits per heavy atom. The van der Waals surface area contributed by atoms with Gasteiger partial charge in [0.15, 0.2) is 5.16 Å². The molecule has 0 bridgehead atoms. The van der Waals surface area contributed by atoms with E-state index in [0.717, 1.165) is 17.3 Å². The smallest absolute Gasteiger partial charge is 0.284 e. The lowest BCUT2D eigenvalue weighted by Crippen LogP contribution is -2.29. The van der Waals surface area contributed by atoms with Gasteiger partial charge in [0.05, 0.1) is 15.9 Å². The number of amides is 1. The van der Waals surface area contributed by atoms with Crippen molar-refractivity contribution < 1.29 is 9.72 Å². The molecule has 1 amide bonds. The Hall–Kier alpha value is -2.91. The maximum Gasteiger partial charge on any atom is 0.284 e. The standard InChI is InChI=1S/C19H18ClN5O3S/c1-12(13-4-7-15(20)8-5-13)24(3)18(26)14-6-9-17(16(10-14)25(27)28)29-19-22-21-11-23(19)2/h4-12H,1-3H3. The van der Waals surface area contributed by atoms with Crippen LogP contribution in [-0.4, -0.2) is 37.5 Å². The Bertz CT molecular complexity index is 1050. The largest absolute Gasteiger partial charge is 0.335 e. The van der Waals surface area contributed by atoms with Gasteiger partial charge in [0.2, 0.25) is 0 Å². The molecule has 0 N–H and O–H groups in total. The van der Waals surface area contributed by atoms with Crippen LogP contribution in [0.3, 0.4) is 0 Å². The Kier molecular flexibility index (Phi) is 6.19. The first kappa shape index (κ1) is 20.8. The van der Waals surface area contributed by atoms with Crippen molar-refractivity contribution in [3.8, 4) is 0 Å². The predicted molar refractivity (Wildman–Crippen MR) is 110 cm³/mol. The molecule has 8 nitrogen and oxygen atoms in total. The minimum atomic E-state index is -0.502. The van der Waals surface area contributed by atoms with Gasteiger partial charge < -0.3 is 9.47 Å². The van der Waals surface area contributed by atoms with Crippen LogP contribution in [-0.2, 0) is 7.05 Å². The number of rotatable bonds is 6. The van der Waals surface area contributed by atoms with Crippen molar-refractivity contribution in [2.24, 2.45) is 7.05 Å². The molecule has 0 radical (unpaired) electrons. The Labute approximate surface area is 176 Å². The summed E-state index contributed by atoms with van der Waals surface area (Å²) in [5, 5.41) is 20.4. The number of hydrogen-bond donors (Lipinski definition) is 0. The van der Waals surface area contributed by atoms with Crippen molar-refractivity contribution in [3.63, 3.8) is 0 Å². The third-order valence-corrected chi connectivity index (χ3v) is 5.90. The second-order valence-corrected chi connectivity index (χ2v) is 7.86. The first-order chi connectivity index (χ1) is 13.8. The van der Waals surface area contributed by atoms with Gasteiger partial charge in [0.1, 0.15) is 6.33 Å². The van der Waals surface area contributed by atoms with Gasteiger partial charge in [-0.15, -0.1) is 10.2 Å². The third-order valence-electron chi connectivity index (χ3n) is 4.53. The molecule has 1 aromatic heterocycles. The second-order valence-electron chi connectivity index (χ2n) is 6.41. The Balaban J connectivity index is 1.86. The van der Waals surface area contributed by atoms with E-state index in [0.29, 0.717) is 15.1 Å². The van der Waals surface area contributed by atoms with E-state index in [1.165, 1.54) is 17.3 Å². The van der Waals surface area contributed by atoms with Crippen LogP contribution in [0.4, 0.5) is 5.69 Å². The van der Waals surface area contributed by atoms with Crippen LogP contribution in [0, 0.1) is 10.1 Å². The van der Waals surface area contributed by atoms with Gasteiger partial charge in [-0.3, -0.25) is 14.9 Å². The molecule has 3 aromatic rings. The molecule has 0 aliphatic heterocycles. The lowest BCUT2D eigenvalue weighted by atomic mass is 10.1. The average Bonchev–Trinajstić information content (AvgIpc) is 3.11. The molecule has 0 saturated carbocycles. The quantitative estimate of drug-likeness (QED) is 0.425. The highest BCUT2D eigenvalue weighted by Gasteiger charge is 2.24. The minimum Gasteiger partial charge on any atom is -0.335 e. The van der Waals surface area contributed by atoms with Crippen LogP contribution in [0.25, 0.3) is 0 Å². The first-order valence-electron chi connectivity index (χ1n) is 8.61. The minimum absolute atomic E-state index is 0.156. The zero-order valence-electron chi connectivity index (χ0n) is 15.9. The van der Waals surface area contributed by atoms with Gasteiger partial charge in [0, 0.05) is 30.7 Å². The monoisotopic (exact) mass is 431 g/mol. The number of halogens is 1. The zero-order chi connectivity index (χ0) is 21.1. The molecule has 150 valence electrons. The molecule has 29 heavy (non-hydrogen) atoms. The summed E-state index contributed by atoms with van der Waals surface area (Å²) in [4.78, 5) is 25.9. The van der Waals surface area contributed by atoms with Gasteiger partial charge in [0.25, 0.3) is 11.6 Å². The zero-order valence-corrected chi connectivity index (χ0v) is 17.5. The molecular formula is C19H18ClN5O3S. The number of benzene rings is 2. The van der Waals surface area contributed by atoms with E-state index in [1.54, 1.807) is 42.9 Å². The molecule has 0 fully saturated rings. The third kappa shape index (κ3) is 4.57. The summed E-state index contributed by atoms with van der Waals surface area (Å²) in [6, 6.07) is 11.4. The number of carbonyl (C=O) groups is 1. The van der Waals surface area contributed by atoms with Crippen LogP contribution in [0.1, 0.15) is 28.9 Å². The van der Waals surface area contributed by atoms with Gasteiger partial charge in [-0.05, 0) is 48.5 Å². The number of aryl methyl sites for hydroxylation is 1. The van der Waals surface area contributed by atoms with E-state index < -0.39 is 4.92 Å². The van der Waals surface area contributed by atoms with Crippen LogP contribution >= 0.6 is 23.4 Å². The molecule has 1 atom stereocenters. The molecule has 10 heteroatoms. The summed E-state index contributed by atoms with van der Waals surface area (Å²) in [5.41, 5.74) is 0.993. The number of nitrogens with zero attached hydrogens (tertiary/aromatic N) is 5. The fourth-order valence-corrected chi connectivity index (χ4v) is 3.66. The Morgan fingerprint density at radius 3 is 2.55 bits per heavy atom. The van der Waals surface area contributed by atoms with E-state index in [2.05, 4.69) is 10.2 Å². The molecule has 0 aliphatic carbocycles. The van der Waals surface area contributed by atoms with Gasteiger partial charge >= 0.3 is 0 Å². The molecular weight excluding hydrogens is 414 g/mol. The van der Waals surface area contributed by atoms with Crippen molar-refractivity contribution >= 4 is 35.0 Å². The summed E-state index contributed by atoms with van der Waals surface area (Å²) < 4.78 is 1.66. The van der Waals surface area contributed by atoms with Gasteiger partial charge in [-0.2, -0.15) is 0 Å². The van der Waals surface area contributed by atoms with Crippen molar-refractivity contribution in [1.29, 1.82) is 0 Å². The lowest BCUT2D eigenvalue weighted by Gasteiger charge is -2.25. The van der Waals surface area contributed by atoms with Crippen LogP contribution in [0.15, 0.2) is 58.8 Å². The molecule has 1 heterocycles. The molecule has 0 spiro atoms. The van der Waals surface area contributed by atoms with Crippen molar-refractivity contribution in [1.82, 2.24) is 19.7 Å². The highest BCUT2D eigenvalue weighted by Crippen LogP contribution is 2.34. The summed E-state index contributed by atoms with van der Waals surface area (Å²) >= 11 is 7.04. The molecule has 2 aromatic carbocycles. The SMILES string of the molecule is CC(c1ccc(Cl)cc1)N(C)C(=O)c1ccc(Sc2nncn2C)c([N+](=O)[O-])c1. The van der Waals surface area contributed by atoms with E-state index in [4.69, 9.17) is 11.6 Å². The molecule has 1 unspecified atom stereocenters. The summed E-state index contributed by atoms with van der Waals surface area (Å²) in [5.74, 6) is -0.314. The predicted octanol–water partition coefficient (Wildman–Crippen LogP) is 4.36. The summed E-state index contributed by atoms with van der Waals surface area (Å²) in [6.07, 6.45) is 1.51. The van der Waals surface area contributed by atoms with Crippen LogP contribution < -0.4 is 0 Å². The van der Waals surface area contributed by atoms with Crippen LogP contribution in [0.2, 0.25) is 5.02 Å². The highest BCUT2D eigenvalue weighted by atomic mass is 35.5. The average molecular weight is 432 g/mol. The topological polar surface area (TPSA) is 94.2 Å².